The minimum absolute atomic E-state index is 0.219. The Morgan fingerprint density at radius 2 is 1.93 bits per heavy atom. The van der Waals surface area contributed by atoms with Crippen LogP contribution in [-0.4, -0.2) is 70.9 Å². The first-order valence-corrected chi connectivity index (χ1v) is 12.3. The Hall–Kier alpha value is -1.46. The summed E-state index contributed by atoms with van der Waals surface area (Å²) in [6, 6.07) is 4.84. The number of aromatic nitrogens is 1. The summed E-state index contributed by atoms with van der Waals surface area (Å²) < 4.78 is 0. The van der Waals surface area contributed by atoms with Gasteiger partial charge in [0.25, 0.3) is 0 Å². The number of rotatable bonds is 6. The molecule has 0 bridgehead atoms. The number of likely N-dealkylation sites (tertiary alicyclic amines) is 3. The Morgan fingerprint density at radius 1 is 1.13 bits per heavy atom. The van der Waals surface area contributed by atoms with Crippen molar-refractivity contribution in [2.75, 3.05) is 39.3 Å². The van der Waals surface area contributed by atoms with Gasteiger partial charge in [-0.3, -0.25) is 19.6 Å². The molecule has 166 valence electrons. The zero-order valence-electron chi connectivity index (χ0n) is 19.1. The van der Waals surface area contributed by atoms with Gasteiger partial charge in [-0.2, -0.15) is 0 Å². The summed E-state index contributed by atoms with van der Waals surface area (Å²) in [6.07, 6.45) is 12.1. The zero-order chi connectivity index (χ0) is 21.0. The van der Waals surface area contributed by atoms with E-state index in [0.717, 1.165) is 45.7 Å². The quantitative estimate of drug-likeness (QED) is 0.713. The monoisotopic (exact) mass is 412 g/mol. The summed E-state index contributed by atoms with van der Waals surface area (Å²) >= 11 is 0. The Bertz CT molecular complexity index is 682. The van der Waals surface area contributed by atoms with Gasteiger partial charge in [-0.05, 0) is 81.6 Å². The van der Waals surface area contributed by atoms with Crippen LogP contribution in [0.3, 0.4) is 0 Å². The van der Waals surface area contributed by atoms with Crippen molar-refractivity contribution in [1.82, 2.24) is 19.7 Å². The van der Waals surface area contributed by atoms with Gasteiger partial charge < -0.3 is 4.90 Å². The summed E-state index contributed by atoms with van der Waals surface area (Å²) in [7, 11) is 0. The lowest BCUT2D eigenvalue weighted by atomic mass is 9.82. The lowest BCUT2D eigenvalue weighted by molar-refractivity contribution is -0.137. The van der Waals surface area contributed by atoms with Crippen molar-refractivity contribution in [2.24, 2.45) is 11.3 Å². The molecule has 0 N–H and O–H groups in total. The van der Waals surface area contributed by atoms with Crippen LogP contribution in [0.25, 0.3) is 0 Å². The molecule has 0 spiro atoms. The molecule has 4 rings (SSSR count). The topological polar surface area (TPSA) is 39.7 Å². The molecule has 1 aromatic heterocycles. The van der Waals surface area contributed by atoms with Crippen molar-refractivity contribution in [3.05, 3.63) is 30.1 Å². The summed E-state index contributed by atoms with van der Waals surface area (Å²) in [5.74, 6) is 0.661. The molecule has 0 saturated carbocycles. The molecule has 1 amide bonds. The second-order valence-electron chi connectivity index (χ2n) is 9.92. The number of hydrogen-bond donors (Lipinski definition) is 0. The Morgan fingerprint density at radius 3 is 2.60 bits per heavy atom. The van der Waals surface area contributed by atoms with E-state index in [1.165, 1.54) is 50.6 Å². The standard InChI is InChI=1S/C25H40N4O/c1-3-25(4-2)11-16-29(20-25)24(30)22-8-6-13-28(19-22)23-9-14-27(15-10-23)18-21-7-5-12-26-17-21/h5,7,12,17,22-23H,3-4,6,8-11,13-16,18-20H2,1-2H3/t22-/m1/s1. The molecule has 0 radical (unpaired) electrons. The normalized spacial score (nSPS) is 26.2. The smallest absolute Gasteiger partial charge is 0.226 e. The maximum atomic E-state index is 13.3. The Balaban J connectivity index is 1.27. The van der Waals surface area contributed by atoms with Gasteiger partial charge in [0.2, 0.25) is 5.91 Å². The maximum absolute atomic E-state index is 13.3. The van der Waals surface area contributed by atoms with Crippen molar-refractivity contribution >= 4 is 5.91 Å². The number of piperidine rings is 2. The van der Waals surface area contributed by atoms with Crippen molar-refractivity contribution in [2.45, 2.75) is 71.4 Å². The van der Waals surface area contributed by atoms with Crippen LogP contribution in [0.4, 0.5) is 0 Å². The van der Waals surface area contributed by atoms with E-state index in [1.54, 1.807) is 0 Å². The highest BCUT2D eigenvalue weighted by atomic mass is 16.2. The maximum Gasteiger partial charge on any atom is 0.226 e. The minimum atomic E-state index is 0.219. The first-order valence-electron chi connectivity index (χ1n) is 12.3. The third kappa shape index (κ3) is 4.88. The highest BCUT2D eigenvalue weighted by molar-refractivity contribution is 5.79. The fraction of sp³-hybridized carbons (Fsp3) is 0.760. The highest BCUT2D eigenvalue weighted by Crippen LogP contribution is 2.38. The number of pyridine rings is 1. The van der Waals surface area contributed by atoms with E-state index >= 15 is 0 Å². The van der Waals surface area contributed by atoms with Gasteiger partial charge in [0.1, 0.15) is 0 Å². The molecule has 1 atom stereocenters. The van der Waals surface area contributed by atoms with Crippen molar-refractivity contribution in [1.29, 1.82) is 0 Å². The average molecular weight is 413 g/mol. The summed E-state index contributed by atoms with van der Waals surface area (Å²) in [5.41, 5.74) is 1.69. The van der Waals surface area contributed by atoms with Crippen LogP contribution in [0.5, 0.6) is 0 Å². The van der Waals surface area contributed by atoms with Crippen LogP contribution in [0.1, 0.15) is 64.4 Å². The SMILES string of the molecule is CCC1(CC)CCN(C(=O)[C@@H]2CCCN(C3CCN(Cc4cccnc4)CC3)C2)C1. The first-order chi connectivity index (χ1) is 14.6. The van der Waals surface area contributed by atoms with E-state index < -0.39 is 0 Å². The summed E-state index contributed by atoms with van der Waals surface area (Å²) in [4.78, 5) is 24.9. The molecule has 3 aliphatic rings. The van der Waals surface area contributed by atoms with Gasteiger partial charge in [-0.15, -0.1) is 0 Å². The van der Waals surface area contributed by atoms with Crippen LogP contribution >= 0.6 is 0 Å². The van der Waals surface area contributed by atoms with Gasteiger partial charge >= 0.3 is 0 Å². The highest BCUT2D eigenvalue weighted by Gasteiger charge is 2.40. The molecule has 5 heteroatoms. The lowest BCUT2D eigenvalue weighted by Gasteiger charge is -2.42. The first kappa shape index (κ1) is 21.8. The van der Waals surface area contributed by atoms with Crippen molar-refractivity contribution in [3.8, 4) is 0 Å². The van der Waals surface area contributed by atoms with Gasteiger partial charge in [-0.25, -0.2) is 0 Å². The fourth-order valence-electron chi connectivity index (χ4n) is 5.94. The van der Waals surface area contributed by atoms with E-state index in [9.17, 15) is 4.79 Å². The summed E-state index contributed by atoms with van der Waals surface area (Å²) in [6.45, 7) is 12.0. The Labute approximate surface area is 182 Å². The largest absolute Gasteiger partial charge is 0.342 e. The number of nitrogens with zero attached hydrogens (tertiary/aromatic N) is 4. The third-order valence-corrected chi connectivity index (χ3v) is 8.25. The average Bonchev–Trinajstić information content (AvgIpc) is 3.25. The van der Waals surface area contributed by atoms with E-state index in [-0.39, 0.29) is 5.92 Å². The molecule has 3 fully saturated rings. The predicted molar refractivity (Wildman–Crippen MR) is 121 cm³/mol. The molecule has 1 aromatic rings. The van der Waals surface area contributed by atoms with Crippen LogP contribution in [0.2, 0.25) is 0 Å². The number of carbonyl (C=O) groups excluding carboxylic acids is 1. The fourth-order valence-corrected chi connectivity index (χ4v) is 5.94. The van der Waals surface area contributed by atoms with Crippen LogP contribution in [-0.2, 0) is 11.3 Å². The molecule has 4 heterocycles. The van der Waals surface area contributed by atoms with Crippen molar-refractivity contribution < 1.29 is 4.79 Å². The van der Waals surface area contributed by atoms with E-state index in [2.05, 4.69) is 39.6 Å². The predicted octanol–water partition coefficient (Wildman–Crippen LogP) is 3.80. The molecule has 0 unspecified atom stereocenters. The molecule has 0 aliphatic carbocycles. The number of hydrogen-bond acceptors (Lipinski definition) is 4. The molecule has 0 aromatic carbocycles. The molecule has 3 aliphatic heterocycles. The number of amides is 1. The van der Waals surface area contributed by atoms with Crippen LogP contribution in [0, 0.1) is 11.3 Å². The summed E-state index contributed by atoms with van der Waals surface area (Å²) in [5, 5.41) is 0. The lowest BCUT2D eigenvalue weighted by Crippen LogP contribution is -2.51. The van der Waals surface area contributed by atoms with E-state index in [4.69, 9.17) is 0 Å². The second-order valence-corrected chi connectivity index (χ2v) is 9.92. The molecule has 3 saturated heterocycles. The molecule has 5 nitrogen and oxygen atoms in total. The van der Waals surface area contributed by atoms with E-state index in [1.807, 2.05) is 18.5 Å². The zero-order valence-corrected chi connectivity index (χ0v) is 19.1. The number of carbonyl (C=O) groups is 1. The van der Waals surface area contributed by atoms with Crippen LogP contribution in [0.15, 0.2) is 24.5 Å². The van der Waals surface area contributed by atoms with Gasteiger partial charge in [0.05, 0.1) is 5.92 Å². The third-order valence-electron chi connectivity index (χ3n) is 8.25. The van der Waals surface area contributed by atoms with Crippen LogP contribution < -0.4 is 0 Å². The molecular weight excluding hydrogens is 372 g/mol. The second kappa shape index (κ2) is 9.78. The van der Waals surface area contributed by atoms with Gasteiger partial charge in [-0.1, -0.05) is 19.9 Å². The van der Waals surface area contributed by atoms with E-state index in [0.29, 0.717) is 17.4 Å². The Kier molecular flexibility index (Phi) is 7.09. The van der Waals surface area contributed by atoms with Crippen molar-refractivity contribution in [3.63, 3.8) is 0 Å². The molecular formula is C25H40N4O. The van der Waals surface area contributed by atoms with Gasteiger partial charge in [0.15, 0.2) is 0 Å². The van der Waals surface area contributed by atoms with Gasteiger partial charge in [0, 0.05) is 44.6 Å². The molecule has 30 heavy (non-hydrogen) atoms. The minimum Gasteiger partial charge on any atom is -0.342 e.